The van der Waals surface area contributed by atoms with Crippen LogP contribution in [-0.2, 0) is 11.2 Å². The lowest BCUT2D eigenvalue weighted by molar-refractivity contribution is -0.135. The Kier molecular flexibility index (Phi) is 8.64. The number of benzene rings is 3. The van der Waals surface area contributed by atoms with Gasteiger partial charge in [0, 0.05) is 23.4 Å². The summed E-state index contributed by atoms with van der Waals surface area (Å²) in [6.45, 7) is 2.34. The summed E-state index contributed by atoms with van der Waals surface area (Å²) in [4.78, 5) is 21.2. The van der Waals surface area contributed by atoms with Crippen molar-refractivity contribution in [3.8, 4) is 11.1 Å². The third-order valence-electron chi connectivity index (χ3n) is 5.32. The van der Waals surface area contributed by atoms with Gasteiger partial charge in [-0.25, -0.2) is 13.2 Å². The molecule has 1 aliphatic heterocycles. The lowest BCUT2D eigenvalue weighted by Gasteiger charge is -2.24. The highest BCUT2D eigenvalue weighted by Crippen LogP contribution is 2.42. The van der Waals surface area contributed by atoms with Crippen molar-refractivity contribution in [3.05, 3.63) is 86.7 Å². The van der Waals surface area contributed by atoms with E-state index in [-0.39, 0.29) is 0 Å². The van der Waals surface area contributed by atoms with Crippen LogP contribution in [0.1, 0.15) is 27.9 Å². The molecule has 3 aromatic carbocycles. The number of carbonyl (C=O) groups excluding carboxylic acids is 1. The monoisotopic (exact) mass is 524 g/mol. The van der Waals surface area contributed by atoms with E-state index in [1.165, 1.54) is 23.3 Å². The molecule has 184 valence electrons. The molecule has 0 fully saturated rings. The highest BCUT2D eigenvalue weighted by molar-refractivity contribution is 6.39. The van der Waals surface area contributed by atoms with E-state index in [0.29, 0.717) is 15.6 Å². The van der Waals surface area contributed by atoms with Crippen LogP contribution in [0.15, 0.2) is 42.5 Å². The third kappa shape index (κ3) is 6.26. The average molecular weight is 525 g/mol. The van der Waals surface area contributed by atoms with Gasteiger partial charge in [0.25, 0.3) is 5.91 Å². The quantitative estimate of drug-likeness (QED) is 0.377. The van der Waals surface area contributed by atoms with Gasteiger partial charge in [0.05, 0.1) is 10.0 Å². The number of aliphatic carboxylic acids is 1. The zero-order chi connectivity index (χ0) is 25.7. The van der Waals surface area contributed by atoms with E-state index in [1.807, 2.05) is 11.4 Å². The molecule has 0 aliphatic carbocycles. The van der Waals surface area contributed by atoms with E-state index in [9.17, 15) is 22.8 Å². The molecule has 3 aromatic rings. The summed E-state index contributed by atoms with van der Waals surface area (Å²) >= 11 is 12.4. The molecule has 10 heteroatoms. The molecule has 35 heavy (non-hydrogen) atoms. The van der Waals surface area contributed by atoms with Crippen molar-refractivity contribution < 1.29 is 27.9 Å². The van der Waals surface area contributed by atoms with Gasteiger partial charge in [0.15, 0.2) is 0 Å². The number of carboxylic acids is 1. The number of aryl methyl sites for hydroxylation is 1. The van der Waals surface area contributed by atoms with Crippen LogP contribution in [0.4, 0.5) is 18.9 Å². The Bertz CT molecular complexity index is 1240. The van der Waals surface area contributed by atoms with Crippen LogP contribution in [0.2, 0.25) is 10.0 Å². The minimum absolute atomic E-state index is 0.341. The van der Waals surface area contributed by atoms with Crippen LogP contribution >= 0.6 is 23.2 Å². The van der Waals surface area contributed by atoms with Crippen LogP contribution in [0.3, 0.4) is 0 Å². The molecule has 0 aromatic heterocycles. The van der Waals surface area contributed by atoms with E-state index in [4.69, 9.17) is 28.3 Å². The summed E-state index contributed by atoms with van der Waals surface area (Å²) in [5, 5.41) is 14.2. The predicted molar refractivity (Wildman–Crippen MR) is 130 cm³/mol. The molecule has 0 bridgehead atoms. The van der Waals surface area contributed by atoms with Gasteiger partial charge >= 0.3 is 5.97 Å². The Balaban J connectivity index is 0.000000205. The molecule has 1 amide bonds. The van der Waals surface area contributed by atoms with Crippen molar-refractivity contribution in [2.24, 2.45) is 0 Å². The maximum absolute atomic E-state index is 13.3. The van der Waals surface area contributed by atoms with Gasteiger partial charge < -0.3 is 15.7 Å². The number of anilines is 1. The van der Waals surface area contributed by atoms with Crippen molar-refractivity contribution >= 4 is 40.8 Å². The smallest absolute Gasteiger partial charge is 0.322 e. The summed E-state index contributed by atoms with van der Waals surface area (Å²) < 4.78 is 39.3. The van der Waals surface area contributed by atoms with Crippen LogP contribution in [0.5, 0.6) is 0 Å². The van der Waals surface area contributed by atoms with Crippen LogP contribution < -0.4 is 10.6 Å². The molecule has 1 aliphatic rings. The molecule has 5 nitrogen and oxygen atoms in total. The number of halogens is 5. The van der Waals surface area contributed by atoms with Gasteiger partial charge in [-0.3, -0.25) is 9.59 Å². The highest BCUT2D eigenvalue weighted by atomic mass is 35.5. The molecule has 0 spiro atoms. The van der Waals surface area contributed by atoms with Crippen molar-refractivity contribution in [1.29, 1.82) is 0 Å². The first-order chi connectivity index (χ1) is 16.6. The minimum Gasteiger partial charge on any atom is -0.480 e. The standard InChI is InChI=1S/C16H14Cl2FN.C9H7F2NO3/c1-9-4-5-12(16-11(9)3-2-6-20-16)15-13(17)7-10(19)8-14(15)18;10-5-2-1-3-6(11)8(5)9(15)12-4-7(13)14/h4-5,7-8,20H,2-3,6H2,1H3;1-3H,4H2,(H,12,15)(H,13,14). The van der Waals surface area contributed by atoms with Gasteiger partial charge in [-0.05, 0) is 55.2 Å². The Morgan fingerprint density at radius 1 is 1.06 bits per heavy atom. The van der Waals surface area contributed by atoms with Gasteiger partial charge in [-0.2, -0.15) is 0 Å². The second-order valence-corrected chi connectivity index (χ2v) is 8.55. The van der Waals surface area contributed by atoms with E-state index in [0.717, 1.165) is 48.8 Å². The zero-order valence-electron chi connectivity index (χ0n) is 18.5. The number of hydrogen-bond acceptors (Lipinski definition) is 3. The fraction of sp³-hybridized carbons (Fsp3) is 0.200. The van der Waals surface area contributed by atoms with Crippen molar-refractivity contribution in [2.75, 3.05) is 18.4 Å². The Hall–Kier alpha value is -3.23. The fourth-order valence-corrected chi connectivity index (χ4v) is 4.39. The molecule has 3 N–H and O–H groups in total. The summed E-state index contributed by atoms with van der Waals surface area (Å²) in [6.07, 6.45) is 2.15. The first kappa shape index (κ1) is 26.4. The summed E-state index contributed by atoms with van der Waals surface area (Å²) in [5.41, 5.74) is 4.49. The van der Waals surface area contributed by atoms with Crippen molar-refractivity contribution in [3.63, 3.8) is 0 Å². The maximum Gasteiger partial charge on any atom is 0.322 e. The van der Waals surface area contributed by atoms with Crippen LogP contribution in [0.25, 0.3) is 11.1 Å². The molecule has 1 heterocycles. The number of rotatable bonds is 4. The molecule has 0 unspecified atom stereocenters. The SMILES string of the molecule is Cc1ccc(-c2c(Cl)cc(F)cc2Cl)c2c1CCCN2.O=C(O)CNC(=O)c1c(F)cccc1F. The Morgan fingerprint density at radius 2 is 1.69 bits per heavy atom. The zero-order valence-corrected chi connectivity index (χ0v) is 20.0. The normalized spacial score (nSPS) is 12.1. The first-order valence-corrected chi connectivity index (χ1v) is 11.3. The highest BCUT2D eigenvalue weighted by Gasteiger charge is 2.20. The number of nitrogens with one attached hydrogen (secondary N) is 2. The summed E-state index contributed by atoms with van der Waals surface area (Å²) in [7, 11) is 0. The van der Waals surface area contributed by atoms with Gasteiger partial charge in [-0.1, -0.05) is 41.4 Å². The lowest BCUT2D eigenvalue weighted by Crippen LogP contribution is -2.30. The van der Waals surface area contributed by atoms with E-state index in [2.05, 4.69) is 18.3 Å². The topological polar surface area (TPSA) is 78.4 Å². The first-order valence-electron chi connectivity index (χ1n) is 10.6. The number of amides is 1. The van der Waals surface area contributed by atoms with E-state index >= 15 is 0 Å². The number of carbonyl (C=O) groups is 2. The van der Waals surface area contributed by atoms with E-state index in [1.54, 1.807) is 0 Å². The fourth-order valence-electron chi connectivity index (χ4n) is 3.72. The van der Waals surface area contributed by atoms with Gasteiger partial charge in [0.2, 0.25) is 0 Å². The molecule has 0 radical (unpaired) electrons. The van der Waals surface area contributed by atoms with Crippen molar-refractivity contribution in [1.82, 2.24) is 5.32 Å². The van der Waals surface area contributed by atoms with Crippen LogP contribution in [-0.4, -0.2) is 30.1 Å². The second-order valence-electron chi connectivity index (χ2n) is 7.73. The second kappa shape index (κ2) is 11.5. The van der Waals surface area contributed by atoms with Gasteiger partial charge in [-0.15, -0.1) is 0 Å². The molecule has 0 saturated carbocycles. The maximum atomic E-state index is 13.3. The van der Waals surface area contributed by atoms with Crippen LogP contribution in [0, 0.1) is 24.4 Å². The van der Waals surface area contributed by atoms with Gasteiger partial charge in [0.1, 0.15) is 29.6 Å². The third-order valence-corrected chi connectivity index (χ3v) is 5.91. The molecular formula is C25H21Cl2F3N2O3. The number of carboxylic acid groups (broad SMARTS) is 1. The predicted octanol–water partition coefficient (Wildman–Crippen LogP) is 6.25. The molecule has 0 atom stereocenters. The molecular weight excluding hydrogens is 504 g/mol. The average Bonchev–Trinajstić information content (AvgIpc) is 2.79. The largest absolute Gasteiger partial charge is 0.480 e. The van der Waals surface area contributed by atoms with E-state index < -0.39 is 41.4 Å². The molecule has 4 rings (SSSR count). The summed E-state index contributed by atoms with van der Waals surface area (Å²) in [5.74, 6) is -4.86. The van der Waals surface area contributed by atoms with Crippen molar-refractivity contribution in [2.45, 2.75) is 19.8 Å². The Morgan fingerprint density at radius 3 is 2.29 bits per heavy atom. The number of fused-ring (bicyclic) bond motifs is 1. The number of hydrogen-bond donors (Lipinski definition) is 3. The Labute approximate surface area is 209 Å². The lowest BCUT2D eigenvalue weighted by atomic mass is 9.92. The minimum atomic E-state index is -1.29. The molecule has 0 saturated heterocycles. The summed E-state index contributed by atoms with van der Waals surface area (Å²) in [6, 6.07) is 9.61.